The molecule has 0 heterocycles. The van der Waals surface area contributed by atoms with Crippen molar-refractivity contribution in [3.05, 3.63) is 0 Å². The minimum absolute atomic E-state index is 0.531. The van der Waals surface area contributed by atoms with Gasteiger partial charge in [0.15, 0.2) is 0 Å². The van der Waals surface area contributed by atoms with E-state index in [9.17, 15) is 4.79 Å². The van der Waals surface area contributed by atoms with Crippen molar-refractivity contribution < 1.29 is 9.90 Å². The minimum atomic E-state index is -1.15. The summed E-state index contributed by atoms with van der Waals surface area (Å²) in [5.41, 5.74) is -0.533. The third kappa shape index (κ3) is 1.61. The summed E-state index contributed by atoms with van der Waals surface area (Å²) in [6.07, 6.45) is 0.531. The fourth-order valence-electron chi connectivity index (χ4n) is 0.727. The Labute approximate surface area is 74.5 Å². The van der Waals surface area contributed by atoms with Gasteiger partial charge in [-0.05, 0) is 6.92 Å². The van der Waals surface area contributed by atoms with Crippen molar-refractivity contribution in [1.82, 2.24) is 0 Å². The van der Waals surface area contributed by atoms with Crippen molar-refractivity contribution in [2.75, 3.05) is 0 Å². The Hall–Kier alpha value is -0.390. The number of carboxylic acid groups (broad SMARTS) is 1. The van der Waals surface area contributed by atoms with Crippen LogP contribution in [0, 0.1) is 17.3 Å². The molecule has 0 aromatic carbocycles. The van der Waals surface area contributed by atoms with Gasteiger partial charge in [0.1, 0.15) is 4.33 Å². The summed E-state index contributed by atoms with van der Waals surface area (Å²) in [7, 11) is 0. The Balaban J connectivity index is 2.69. The Morgan fingerprint density at radius 1 is 1.64 bits per heavy atom. The van der Waals surface area contributed by atoms with Crippen LogP contribution in [-0.4, -0.2) is 15.4 Å². The molecule has 60 valence electrons. The molecule has 1 aliphatic rings. The van der Waals surface area contributed by atoms with Gasteiger partial charge >= 0.3 is 5.97 Å². The Bertz CT molecular complexity index is 261. The fourth-order valence-corrected chi connectivity index (χ4v) is 1.36. The lowest BCUT2D eigenvalue weighted by atomic mass is 10.1. The van der Waals surface area contributed by atoms with Crippen LogP contribution >= 0.6 is 23.2 Å². The van der Waals surface area contributed by atoms with Gasteiger partial charge in [-0.2, -0.15) is 0 Å². The predicted octanol–water partition coefficient (Wildman–Crippen LogP) is 1.66. The molecule has 1 fully saturated rings. The Kier molecular flexibility index (Phi) is 1.82. The van der Waals surface area contributed by atoms with Gasteiger partial charge < -0.3 is 5.11 Å². The third-order valence-electron chi connectivity index (χ3n) is 1.70. The van der Waals surface area contributed by atoms with Crippen molar-refractivity contribution in [1.29, 1.82) is 0 Å². The van der Waals surface area contributed by atoms with Gasteiger partial charge in [0.25, 0.3) is 0 Å². The number of carbonyl (C=O) groups is 1. The highest BCUT2D eigenvalue weighted by molar-refractivity contribution is 6.51. The lowest BCUT2D eigenvalue weighted by Gasteiger charge is -1.99. The molecule has 0 amide bonds. The Morgan fingerprint density at radius 2 is 2.09 bits per heavy atom. The zero-order valence-electron chi connectivity index (χ0n) is 5.82. The quantitative estimate of drug-likeness (QED) is 0.469. The summed E-state index contributed by atoms with van der Waals surface area (Å²) in [5, 5.41) is 8.22. The molecule has 1 atom stereocenters. The van der Waals surface area contributed by atoms with Crippen LogP contribution in [0.4, 0.5) is 0 Å². The van der Waals surface area contributed by atoms with E-state index in [2.05, 4.69) is 5.92 Å². The van der Waals surface area contributed by atoms with Crippen molar-refractivity contribution >= 4 is 29.2 Å². The highest BCUT2D eigenvalue weighted by Crippen LogP contribution is 2.63. The zero-order chi connectivity index (χ0) is 8.70. The first-order valence-electron chi connectivity index (χ1n) is 3.01. The number of halogens is 2. The van der Waals surface area contributed by atoms with Crippen LogP contribution in [0.5, 0.6) is 0 Å². The molecule has 0 aliphatic heterocycles. The first-order valence-corrected chi connectivity index (χ1v) is 3.77. The average molecular weight is 193 g/mol. The predicted molar refractivity (Wildman–Crippen MR) is 42.6 cm³/mol. The van der Waals surface area contributed by atoms with E-state index in [4.69, 9.17) is 28.3 Å². The molecular weight excluding hydrogens is 187 g/mol. The van der Waals surface area contributed by atoms with Crippen LogP contribution in [0.3, 0.4) is 0 Å². The number of aliphatic carboxylic acids is 1. The maximum Gasteiger partial charge on any atom is 0.381 e. The molecule has 2 nitrogen and oxygen atoms in total. The molecule has 0 radical (unpaired) electrons. The summed E-state index contributed by atoms with van der Waals surface area (Å²) in [5.74, 6) is 3.36. The molecule has 0 aromatic heterocycles. The second-order valence-electron chi connectivity index (χ2n) is 2.77. The van der Waals surface area contributed by atoms with Crippen molar-refractivity contribution in [3.63, 3.8) is 0 Å². The monoisotopic (exact) mass is 192 g/mol. The second-order valence-corrected chi connectivity index (χ2v) is 4.25. The molecule has 1 saturated carbocycles. The van der Waals surface area contributed by atoms with Crippen LogP contribution in [-0.2, 0) is 4.79 Å². The summed E-state index contributed by atoms with van der Waals surface area (Å²) >= 11 is 11.4. The zero-order valence-corrected chi connectivity index (χ0v) is 7.33. The highest BCUT2D eigenvalue weighted by Gasteiger charge is 2.62. The number of carboxylic acids is 1. The lowest BCUT2D eigenvalue weighted by molar-refractivity contribution is -0.130. The number of alkyl halides is 2. The third-order valence-corrected chi connectivity index (χ3v) is 2.80. The van der Waals surface area contributed by atoms with E-state index < -0.39 is 15.7 Å². The molecule has 1 unspecified atom stereocenters. The SMILES string of the molecule is CC1(C#CC(=O)O)CC1(Cl)Cl. The van der Waals surface area contributed by atoms with E-state index in [1.807, 2.05) is 5.92 Å². The van der Waals surface area contributed by atoms with Gasteiger partial charge in [0.2, 0.25) is 0 Å². The minimum Gasteiger partial charge on any atom is -0.472 e. The van der Waals surface area contributed by atoms with Gasteiger partial charge in [-0.15, -0.1) is 0 Å². The van der Waals surface area contributed by atoms with E-state index in [0.717, 1.165) is 0 Å². The lowest BCUT2D eigenvalue weighted by Crippen LogP contribution is -2.01. The Morgan fingerprint density at radius 3 is 2.36 bits per heavy atom. The maximum atomic E-state index is 10.0. The van der Waals surface area contributed by atoms with Crippen LogP contribution in [0.1, 0.15) is 13.3 Å². The molecule has 4 heteroatoms. The normalized spacial score (nSPS) is 31.9. The largest absolute Gasteiger partial charge is 0.472 e. The van der Waals surface area contributed by atoms with E-state index in [-0.39, 0.29) is 0 Å². The van der Waals surface area contributed by atoms with Gasteiger partial charge in [-0.1, -0.05) is 29.1 Å². The van der Waals surface area contributed by atoms with Crippen molar-refractivity contribution in [2.45, 2.75) is 17.7 Å². The maximum absolute atomic E-state index is 10.0. The first kappa shape index (κ1) is 8.70. The molecule has 0 aromatic rings. The topological polar surface area (TPSA) is 37.3 Å². The molecule has 1 aliphatic carbocycles. The standard InChI is InChI=1S/C7H6Cl2O2/c1-6(3-2-5(10)11)4-7(6,8)9/h4H2,1H3,(H,10,11). The van der Waals surface area contributed by atoms with Gasteiger partial charge in [0.05, 0.1) is 5.41 Å². The van der Waals surface area contributed by atoms with Crippen LogP contribution in [0.2, 0.25) is 0 Å². The average Bonchev–Trinajstić information content (AvgIpc) is 2.29. The number of hydrogen-bond acceptors (Lipinski definition) is 1. The van der Waals surface area contributed by atoms with Crippen LogP contribution < -0.4 is 0 Å². The summed E-state index contributed by atoms with van der Waals surface area (Å²) in [6.45, 7) is 1.74. The molecule has 11 heavy (non-hydrogen) atoms. The molecule has 0 bridgehead atoms. The molecule has 1 rings (SSSR count). The first-order chi connectivity index (χ1) is 4.87. The van der Waals surface area contributed by atoms with Crippen molar-refractivity contribution in [3.8, 4) is 11.8 Å². The number of hydrogen-bond donors (Lipinski definition) is 1. The summed E-state index contributed by atoms with van der Waals surface area (Å²) < 4.78 is -0.852. The molecule has 0 spiro atoms. The van der Waals surface area contributed by atoms with Gasteiger partial charge in [-0.25, -0.2) is 4.79 Å². The van der Waals surface area contributed by atoms with Crippen LogP contribution in [0.15, 0.2) is 0 Å². The van der Waals surface area contributed by atoms with E-state index in [0.29, 0.717) is 6.42 Å². The smallest absolute Gasteiger partial charge is 0.381 e. The summed E-state index contributed by atoms with van der Waals surface area (Å²) in [6, 6.07) is 0. The molecule has 1 N–H and O–H groups in total. The van der Waals surface area contributed by atoms with Crippen molar-refractivity contribution in [2.24, 2.45) is 5.41 Å². The van der Waals surface area contributed by atoms with Crippen LogP contribution in [0.25, 0.3) is 0 Å². The van der Waals surface area contributed by atoms with E-state index >= 15 is 0 Å². The number of rotatable bonds is 0. The highest BCUT2D eigenvalue weighted by atomic mass is 35.5. The molecular formula is C7H6Cl2O2. The van der Waals surface area contributed by atoms with E-state index in [1.54, 1.807) is 6.92 Å². The summed E-state index contributed by atoms with van der Waals surface area (Å²) in [4.78, 5) is 10.0. The fraction of sp³-hybridized carbons (Fsp3) is 0.571. The van der Waals surface area contributed by atoms with Gasteiger partial charge in [0, 0.05) is 12.3 Å². The van der Waals surface area contributed by atoms with Gasteiger partial charge in [-0.3, -0.25) is 0 Å². The second kappa shape index (κ2) is 2.30. The molecule has 0 saturated heterocycles. The van der Waals surface area contributed by atoms with E-state index in [1.165, 1.54) is 0 Å².